The average Bonchev–Trinajstić information content (AvgIpc) is 2.77. The fraction of sp³-hybridized carbons (Fsp3) is 0.308. The van der Waals surface area contributed by atoms with Gasteiger partial charge in [0.25, 0.3) is 0 Å². The average molecular weight is 247 g/mol. The molecule has 5 nitrogen and oxygen atoms in total. The number of methoxy groups -OCH3 is 1. The maximum absolute atomic E-state index is 9.80. The molecule has 0 aliphatic carbocycles. The molecule has 0 saturated carbocycles. The van der Waals surface area contributed by atoms with Crippen LogP contribution in [0.1, 0.15) is 16.8 Å². The lowest BCUT2D eigenvalue weighted by Crippen LogP contribution is -2.13. The molecule has 18 heavy (non-hydrogen) atoms. The zero-order valence-corrected chi connectivity index (χ0v) is 10.5. The number of phenolic OH excluding ortho intramolecular Hbond substituents is 1. The Labute approximate surface area is 106 Å². The number of rotatable bonds is 5. The van der Waals surface area contributed by atoms with E-state index in [1.54, 1.807) is 19.4 Å². The van der Waals surface area contributed by atoms with Gasteiger partial charge in [-0.3, -0.25) is 5.10 Å². The number of nitrogens with one attached hydrogen (secondary N) is 2. The second kappa shape index (κ2) is 5.55. The van der Waals surface area contributed by atoms with E-state index in [-0.39, 0.29) is 5.75 Å². The lowest BCUT2D eigenvalue weighted by Gasteiger charge is -2.08. The summed E-state index contributed by atoms with van der Waals surface area (Å²) in [6.07, 6.45) is 1.80. The van der Waals surface area contributed by atoms with Crippen molar-refractivity contribution in [1.29, 1.82) is 0 Å². The highest BCUT2D eigenvalue weighted by Crippen LogP contribution is 2.23. The number of ether oxygens (including phenoxy) is 1. The first-order chi connectivity index (χ1) is 8.70. The molecule has 0 aliphatic heterocycles. The molecular weight excluding hydrogens is 230 g/mol. The Balaban J connectivity index is 1.92. The topological polar surface area (TPSA) is 70.2 Å². The van der Waals surface area contributed by atoms with Crippen LogP contribution in [0.5, 0.6) is 11.5 Å². The summed E-state index contributed by atoms with van der Waals surface area (Å²) in [5, 5.41) is 19.9. The number of hydrogen-bond acceptors (Lipinski definition) is 4. The van der Waals surface area contributed by atoms with Crippen LogP contribution in [0.15, 0.2) is 24.4 Å². The van der Waals surface area contributed by atoms with Crippen molar-refractivity contribution in [3.63, 3.8) is 0 Å². The number of H-pyrrole nitrogens is 1. The summed E-state index contributed by atoms with van der Waals surface area (Å²) in [7, 11) is 1.58. The molecule has 5 heteroatoms. The van der Waals surface area contributed by atoms with Gasteiger partial charge in [-0.15, -0.1) is 0 Å². The zero-order chi connectivity index (χ0) is 13.0. The van der Waals surface area contributed by atoms with Gasteiger partial charge < -0.3 is 15.2 Å². The first kappa shape index (κ1) is 12.4. The normalized spacial score (nSPS) is 10.6. The third kappa shape index (κ3) is 2.81. The number of benzene rings is 1. The molecule has 0 saturated heterocycles. The van der Waals surface area contributed by atoms with Gasteiger partial charge in [0, 0.05) is 36.0 Å². The Hall–Kier alpha value is -2.01. The van der Waals surface area contributed by atoms with Crippen molar-refractivity contribution in [2.75, 3.05) is 7.11 Å². The van der Waals surface area contributed by atoms with Crippen molar-refractivity contribution in [3.8, 4) is 11.5 Å². The number of aromatic amines is 1. The third-order valence-electron chi connectivity index (χ3n) is 2.86. The van der Waals surface area contributed by atoms with Crippen molar-refractivity contribution in [3.05, 3.63) is 41.2 Å². The van der Waals surface area contributed by atoms with Gasteiger partial charge in [0.15, 0.2) is 0 Å². The number of aromatic nitrogens is 2. The minimum absolute atomic E-state index is 0.241. The van der Waals surface area contributed by atoms with E-state index in [1.165, 1.54) is 0 Å². The SMILES string of the molecule is COc1ccc(CNCc2cn[nH]c2C)c(O)c1. The summed E-state index contributed by atoms with van der Waals surface area (Å²) in [6.45, 7) is 3.29. The highest BCUT2D eigenvalue weighted by molar-refractivity contribution is 5.39. The molecule has 1 heterocycles. The fourth-order valence-corrected chi connectivity index (χ4v) is 1.71. The van der Waals surface area contributed by atoms with Gasteiger partial charge >= 0.3 is 0 Å². The van der Waals surface area contributed by atoms with Crippen molar-refractivity contribution in [1.82, 2.24) is 15.5 Å². The van der Waals surface area contributed by atoms with Gasteiger partial charge in [-0.05, 0) is 13.0 Å². The van der Waals surface area contributed by atoms with E-state index in [0.29, 0.717) is 18.8 Å². The Morgan fingerprint density at radius 3 is 2.72 bits per heavy atom. The summed E-state index contributed by atoms with van der Waals surface area (Å²) in [5.41, 5.74) is 3.03. The summed E-state index contributed by atoms with van der Waals surface area (Å²) in [5.74, 6) is 0.896. The highest BCUT2D eigenvalue weighted by Gasteiger charge is 2.04. The van der Waals surface area contributed by atoms with Crippen LogP contribution in [-0.2, 0) is 13.1 Å². The summed E-state index contributed by atoms with van der Waals surface area (Å²) in [6, 6.07) is 5.29. The van der Waals surface area contributed by atoms with E-state index >= 15 is 0 Å². The van der Waals surface area contributed by atoms with E-state index < -0.39 is 0 Å². The first-order valence-electron chi connectivity index (χ1n) is 5.76. The molecule has 0 amide bonds. The molecule has 0 unspecified atom stereocenters. The largest absolute Gasteiger partial charge is 0.507 e. The van der Waals surface area contributed by atoms with Crippen LogP contribution in [0.3, 0.4) is 0 Å². The number of aromatic hydroxyl groups is 1. The standard InChI is InChI=1S/C13H17N3O2/c1-9-11(8-15-16-9)7-14-6-10-3-4-12(18-2)5-13(10)17/h3-5,8,14,17H,6-7H2,1-2H3,(H,15,16). The Morgan fingerprint density at radius 1 is 1.33 bits per heavy atom. The minimum Gasteiger partial charge on any atom is -0.507 e. The Kier molecular flexibility index (Phi) is 3.84. The molecule has 0 fully saturated rings. The summed E-state index contributed by atoms with van der Waals surface area (Å²) >= 11 is 0. The van der Waals surface area contributed by atoms with Crippen molar-refractivity contribution in [2.45, 2.75) is 20.0 Å². The quantitative estimate of drug-likeness (QED) is 0.752. The van der Waals surface area contributed by atoms with Gasteiger partial charge in [-0.1, -0.05) is 6.07 Å². The van der Waals surface area contributed by atoms with Gasteiger partial charge in [-0.2, -0.15) is 5.10 Å². The molecule has 2 rings (SSSR count). The van der Waals surface area contributed by atoms with E-state index in [2.05, 4.69) is 15.5 Å². The maximum Gasteiger partial charge on any atom is 0.123 e. The van der Waals surface area contributed by atoms with Crippen molar-refractivity contribution in [2.24, 2.45) is 0 Å². The van der Waals surface area contributed by atoms with Crippen molar-refractivity contribution >= 4 is 0 Å². The lowest BCUT2D eigenvalue weighted by molar-refractivity contribution is 0.406. The van der Waals surface area contributed by atoms with E-state index in [4.69, 9.17) is 4.74 Å². The number of hydrogen-bond donors (Lipinski definition) is 3. The van der Waals surface area contributed by atoms with Crippen LogP contribution < -0.4 is 10.1 Å². The number of aryl methyl sites for hydroxylation is 1. The molecule has 1 aromatic carbocycles. The third-order valence-corrected chi connectivity index (χ3v) is 2.86. The molecule has 0 radical (unpaired) electrons. The van der Waals surface area contributed by atoms with Crippen LogP contribution in [0.2, 0.25) is 0 Å². The second-order valence-corrected chi connectivity index (χ2v) is 4.12. The maximum atomic E-state index is 9.80. The predicted octanol–water partition coefficient (Wildman–Crippen LogP) is 1.72. The summed E-state index contributed by atoms with van der Waals surface area (Å²) < 4.78 is 5.04. The smallest absolute Gasteiger partial charge is 0.123 e. The van der Waals surface area contributed by atoms with Gasteiger partial charge in [0.05, 0.1) is 13.3 Å². The predicted molar refractivity (Wildman–Crippen MR) is 68.5 cm³/mol. The van der Waals surface area contributed by atoms with E-state index in [1.807, 2.05) is 19.1 Å². The second-order valence-electron chi connectivity index (χ2n) is 4.12. The van der Waals surface area contributed by atoms with Crippen LogP contribution in [-0.4, -0.2) is 22.4 Å². The van der Waals surface area contributed by atoms with E-state index in [0.717, 1.165) is 16.8 Å². The van der Waals surface area contributed by atoms with Gasteiger partial charge in [0.1, 0.15) is 11.5 Å². The van der Waals surface area contributed by atoms with Crippen LogP contribution in [0.25, 0.3) is 0 Å². The Bertz CT molecular complexity index is 523. The summed E-state index contributed by atoms with van der Waals surface area (Å²) in [4.78, 5) is 0. The molecule has 3 N–H and O–H groups in total. The van der Waals surface area contributed by atoms with Gasteiger partial charge in [-0.25, -0.2) is 0 Å². The lowest BCUT2D eigenvalue weighted by atomic mass is 10.2. The number of nitrogens with zero attached hydrogens (tertiary/aromatic N) is 1. The van der Waals surface area contributed by atoms with Crippen LogP contribution in [0, 0.1) is 6.92 Å². The minimum atomic E-state index is 0.241. The number of phenols is 1. The molecule has 2 aromatic rings. The van der Waals surface area contributed by atoms with Crippen molar-refractivity contribution < 1.29 is 9.84 Å². The molecule has 0 aliphatic rings. The van der Waals surface area contributed by atoms with Gasteiger partial charge in [0.2, 0.25) is 0 Å². The first-order valence-corrected chi connectivity index (χ1v) is 5.76. The molecule has 0 bridgehead atoms. The molecule has 96 valence electrons. The Morgan fingerprint density at radius 2 is 2.11 bits per heavy atom. The monoisotopic (exact) mass is 247 g/mol. The zero-order valence-electron chi connectivity index (χ0n) is 10.5. The van der Waals surface area contributed by atoms with Crippen LogP contribution >= 0.6 is 0 Å². The fourth-order valence-electron chi connectivity index (χ4n) is 1.71. The molecule has 0 spiro atoms. The van der Waals surface area contributed by atoms with Crippen LogP contribution in [0.4, 0.5) is 0 Å². The van der Waals surface area contributed by atoms with E-state index in [9.17, 15) is 5.11 Å². The molecule has 0 atom stereocenters. The molecule has 1 aromatic heterocycles. The highest BCUT2D eigenvalue weighted by atomic mass is 16.5. The molecular formula is C13H17N3O2.